The van der Waals surface area contributed by atoms with Gasteiger partial charge in [-0.25, -0.2) is 9.78 Å². The summed E-state index contributed by atoms with van der Waals surface area (Å²) in [6, 6.07) is 13.6. The van der Waals surface area contributed by atoms with Crippen LogP contribution in [0.15, 0.2) is 53.7 Å². The Morgan fingerprint density at radius 3 is 2.90 bits per heavy atom. The second kappa shape index (κ2) is 5.38. The van der Waals surface area contributed by atoms with Crippen LogP contribution in [0.5, 0.6) is 0 Å². The predicted octanol–water partition coefficient (Wildman–Crippen LogP) is 3.55. The number of nitrogens with zero attached hydrogens (tertiary/aromatic N) is 1. The van der Waals surface area contributed by atoms with Crippen molar-refractivity contribution in [2.45, 2.75) is 10.8 Å². The van der Waals surface area contributed by atoms with Crippen LogP contribution in [-0.2, 0) is 5.75 Å². The minimum Gasteiger partial charge on any atom is -0.477 e. The van der Waals surface area contributed by atoms with Gasteiger partial charge in [-0.05, 0) is 29.8 Å². The molecule has 0 atom stereocenters. The molecule has 0 bridgehead atoms. The topological polar surface area (TPSA) is 66.0 Å². The SMILES string of the molecule is O=C(O)c1cc(CSc2cc3ccccc3[nH]2)ccn1. The molecule has 4 nitrogen and oxygen atoms in total. The molecule has 0 amide bonds. The van der Waals surface area contributed by atoms with Gasteiger partial charge in [0.25, 0.3) is 0 Å². The molecule has 3 rings (SSSR count). The van der Waals surface area contributed by atoms with Crippen LogP contribution in [0.25, 0.3) is 10.9 Å². The van der Waals surface area contributed by atoms with Crippen molar-refractivity contribution >= 4 is 28.6 Å². The second-order valence-corrected chi connectivity index (χ2v) is 5.38. The smallest absolute Gasteiger partial charge is 0.354 e. The standard InChI is InChI=1S/C15H12N2O2S/c18-15(19)13-7-10(5-6-16-13)9-20-14-8-11-3-1-2-4-12(11)17-14/h1-8,17H,9H2,(H,18,19). The molecule has 0 aliphatic carbocycles. The summed E-state index contributed by atoms with van der Waals surface area (Å²) in [4.78, 5) is 18.0. The highest BCUT2D eigenvalue weighted by molar-refractivity contribution is 7.98. The van der Waals surface area contributed by atoms with Crippen molar-refractivity contribution in [3.8, 4) is 0 Å². The number of benzene rings is 1. The summed E-state index contributed by atoms with van der Waals surface area (Å²) in [5, 5.41) is 11.2. The maximum absolute atomic E-state index is 10.9. The highest BCUT2D eigenvalue weighted by atomic mass is 32.2. The molecule has 0 spiro atoms. The molecule has 2 N–H and O–H groups in total. The highest BCUT2D eigenvalue weighted by Gasteiger charge is 2.06. The van der Waals surface area contributed by atoms with Gasteiger partial charge in [-0.2, -0.15) is 0 Å². The van der Waals surface area contributed by atoms with Gasteiger partial charge >= 0.3 is 5.97 Å². The summed E-state index contributed by atoms with van der Waals surface area (Å²) >= 11 is 1.64. The van der Waals surface area contributed by atoms with E-state index in [2.05, 4.69) is 22.1 Å². The fourth-order valence-corrected chi connectivity index (χ4v) is 2.86. The lowest BCUT2D eigenvalue weighted by molar-refractivity contribution is 0.0690. The molecule has 0 unspecified atom stereocenters. The minimum absolute atomic E-state index is 0.0831. The minimum atomic E-state index is -0.998. The number of H-pyrrole nitrogens is 1. The van der Waals surface area contributed by atoms with Crippen LogP contribution in [0.1, 0.15) is 16.1 Å². The molecule has 0 aliphatic rings. The average molecular weight is 284 g/mol. The first-order valence-corrected chi connectivity index (χ1v) is 7.10. The van der Waals surface area contributed by atoms with Crippen LogP contribution in [0.4, 0.5) is 0 Å². The second-order valence-electron chi connectivity index (χ2n) is 4.36. The van der Waals surface area contributed by atoms with Crippen molar-refractivity contribution in [3.63, 3.8) is 0 Å². The molecular weight excluding hydrogens is 272 g/mol. The molecule has 0 saturated heterocycles. The van der Waals surface area contributed by atoms with Gasteiger partial charge in [0.2, 0.25) is 0 Å². The third-order valence-corrected chi connectivity index (χ3v) is 3.95. The number of rotatable bonds is 4. The lowest BCUT2D eigenvalue weighted by Crippen LogP contribution is -2.00. The van der Waals surface area contributed by atoms with Crippen LogP contribution in [0, 0.1) is 0 Å². The van der Waals surface area contributed by atoms with Crippen LogP contribution < -0.4 is 0 Å². The summed E-state index contributed by atoms with van der Waals surface area (Å²) < 4.78 is 0. The number of fused-ring (bicyclic) bond motifs is 1. The van der Waals surface area contributed by atoms with Crippen LogP contribution in [0.3, 0.4) is 0 Å². The average Bonchev–Trinajstić information content (AvgIpc) is 2.88. The Balaban J connectivity index is 1.75. The Labute approximate surface area is 119 Å². The van der Waals surface area contributed by atoms with E-state index in [0.717, 1.165) is 16.1 Å². The molecule has 0 radical (unpaired) electrons. The molecular formula is C15H12N2O2S. The zero-order chi connectivity index (χ0) is 13.9. The largest absolute Gasteiger partial charge is 0.477 e. The monoisotopic (exact) mass is 284 g/mol. The lowest BCUT2D eigenvalue weighted by Gasteiger charge is -2.01. The maximum Gasteiger partial charge on any atom is 0.354 e. The van der Waals surface area contributed by atoms with Crippen molar-refractivity contribution in [2.24, 2.45) is 0 Å². The third kappa shape index (κ3) is 2.67. The van der Waals surface area contributed by atoms with Gasteiger partial charge in [0.1, 0.15) is 5.69 Å². The number of carboxylic acid groups (broad SMARTS) is 1. The number of hydrogen-bond donors (Lipinski definition) is 2. The van der Waals surface area contributed by atoms with Crippen LogP contribution >= 0.6 is 11.8 Å². The number of thioether (sulfide) groups is 1. The number of nitrogens with one attached hydrogen (secondary N) is 1. The van der Waals surface area contributed by atoms with Crippen molar-refractivity contribution < 1.29 is 9.90 Å². The zero-order valence-corrected chi connectivity index (χ0v) is 11.4. The molecule has 100 valence electrons. The van der Waals surface area contributed by atoms with E-state index in [0.29, 0.717) is 5.75 Å². The Kier molecular flexibility index (Phi) is 3.43. The van der Waals surface area contributed by atoms with Crippen molar-refractivity contribution in [1.82, 2.24) is 9.97 Å². The highest BCUT2D eigenvalue weighted by Crippen LogP contribution is 2.26. The van der Waals surface area contributed by atoms with Gasteiger partial charge < -0.3 is 10.1 Å². The van der Waals surface area contributed by atoms with Crippen LogP contribution in [0.2, 0.25) is 0 Å². The summed E-state index contributed by atoms with van der Waals surface area (Å²) in [6.45, 7) is 0. The van der Waals surface area contributed by atoms with Gasteiger partial charge in [-0.15, -0.1) is 11.8 Å². The van der Waals surface area contributed by atoms with Gasteiger partial charge in [0.15, 0.2) is 0 Å². The van der Waals surface area contributed by atoms with E-state index in [-0.39, 0.29) is 5.69 Å². The molecule has 3 aromatic rings. The first-order valence-electron chi connectivity index (χ1n) is 6.11. The van der Waals surface area contributed by atoms with Crippen LogP contribution in [-0.4, -0.2) is 21.0 Å². The maximum atomic E-state index is 10.9. The predicted molar refractivity (Wildman–Crippen MR) is 79.1 cm³/mol. The summed E-state index contributed by atoms with van der Waals surface area (Å²) in [6.07, 6.45) is 1.53. The van der Waals surface area contributed by atoms with Gasteiger partial charge in [-0.1, -0.05) is 18.2 Å². The molecule has 1 aromatic carbocycles. The summed E-state index contributed by atoms with van der Waals surface area (Å²) in [5.41, 5.74) is 2.14. The summed E-state index contributed by atoms with van der Waals surface area (Å²) in [5.74, 6) is -0.294. The Hall–Kier alpha value is -2.27. The Morgan fingerprint density at radius 2 is 2.10 bits per heavy atom. The number of aromatic carboxylic acids is 1. The van der Waals surface area contributed by atoms with E-state index in [1.165, 1.54) is 11.6 Å². The van der Waals surface area contributed by atoms with E-state index in [4.69, 9.17) is 5.11 Å². The Morgan fingerprint density at radius 1 is 1.25 bits per heavy atom. The Bertz CT molecular complexity index is 734. The van der Waals surface area contributed by atoms with Crippen molar-refractivity contribution in [1.29, 1.82) is 0 Å². The third-order valence-electron chi connectivity index (χ3n) is 2.94. The lowest BCUT2D eigenvalue weighted by atomic mass is 10.2. The van der Waals surface area contributed by atoms with Gasteiger partial charge in [0, 0.05) is 22.9 Å². The number of hydrogen-bond acceptors (Lipinski definition) is 3. The number of aromatic amines is 1. The fourth-order valence-electron chi connectivity index (χ4n) is 1.97. The number of carbonyl (C=O) groups is 1. The van der Waals surface area contributed by atoms with E-state index < -0.39 is 5.97 Å². The normalized spacial score (nSPS) is 10.8. The number of aromatic nitrogens is 2. The molecule has 0 saturated carbocycles. The molecule has 2 heterocycles. The van der Waals surface area contributed by atoms with E-state index in [1.807, 2.05) is 24.3 Å². The van der Waals surface area contributed by atoms with Crippen molar-refractivity contribution in [2.75, 3.05) is 0 Å². The molecule has 2 aromatic heterocycles. The first-order chi connectivity index (χ1) is 9.72. The van der Waals surface area contributed by atoms with Gasteiger partial charge in [0.05, 0.1) is 5.03 Å². The molecule has 0 aliphatic heterocycles. The summed E-state index contributed by atoms with van der Waals surface area (Å²) in [7, 11) is 0. The molecule has 5 heteroatoms. The number of carboxylic acids is 1. The van der Waals surface area contributed by atoms with E-state index in [9.17, 15) is 4.79 Å². The molecule has 20 heavy (non-hydrogen) atoms. The first kappa shape index (κ1) is 12.7. The quantitative estimate of drug-likeness (QED) is 0.719. The number of pyridine rings is 1. The zero-order valence-electron chi connectivity index (χ0n) is 10.5. The fraction of sp³-hybridized carbons (Fsp3) is 0.0667. The molecule has 0 fully saturated rings. The van der Waals surface area contributed by atoms with E-state index >= 15 is 0 Å². The number of para-hydroxylation sites is 1. The van der Waals surface area contributed by atoms with Crippen molar-refractivity contribution in [3.05, 3.63) is 59.9 Å². The van der Waals surface area contributed by atoms with Gasteiger partial charge in [-0.3, -0.25) is 0 Å². The van der Waals surface area contributed by atoms with E-state index in [1.54, 1.807) is 17.8 Å².